The lowest BCUT2D eigenvalue weighted by Crippen LogP contribution is -3.19. The van der Waals surface area contributed by atoms with Crippen molar-refractivity contribution in [2.75, 3.05) is 31.5 Å². The van der Waals surface area contributed by atoms with E-state index >= 15 is 0 Å². The number of quaternary nitrogens is 1. The van der Waals surface area contributed by atoms with Crippen LogP contribution < -0.4 is 10.2 Å². The Labute approximate surface area is 146 Å². The Hall–Kier alpha value is -2.15. The summed E-state index contributed by atoms with van der Waals surface area (Å²) < 4.78 is 12.9. The van der Waals surface area contributed by atoms with E-state index in [1.807, 2.05) is 0 Å². The zero-order valence-electron chi connectivity index (χ0n) is 14.2. The minimum absolute atomic E-state index is 0.161. The number of anilines is 1. The summed E-state index contributed by atoms with van der Waals surface area (Å²) in [5, 5.41) is 12.2. The van der Waals surface area contributed by atoms with Crippen LogP contribution >= 0.6 is 0 Å². The number of carboxylic acids is 1. The molecule has 25 heavy (non-hydrogen) atoms. The SMILES string of the molecule is O=C(O)[C@H]1CCCC[C@@H]1[NH+]1CCN(C(=O)Nc2ccc(F)cc2)CC1. The molecule has 2 atom stereocenters. The summed E-state index contributed by atoms with van der Waals surface area (Å²) in [5.41, 5.74) is 0.569. The molecule has 3 rings (SSSR count). The molecule has 0 aromatic heterocycles. The molecule has 0 unspecified atom stereocenters. The van der Waals surface area contributed by atoms with Crippen molar-refractivity contribution >= 4 is 17.7 Å². The number of hydrogen-bond acceptors (Lipinski definition) is 2. The number of piperazine rings is 1. The number of carbonyl (C=O) groups excluding carboxylic acids is 1. The van der Waals surface area contributed by atoms with Crippen molar-refractivity contribution in [1.29, 1.82) is 0 Å². The topological polar surface area (TPSA) is 74.1 Å². The van der Waals surface area contributed by atoms with E-state index in [4.69, 9.17) is 0 Å². The summed E-state index contributed by atoms with van der Waals surface area (Å²) in [6, 6.07) is 5.67. The van der Waals surface area contributed by atoms with Crippen molar-refractivity contribution in [3.8, 4) is 0 Å². The second-order valence-corrected chi connectivity index (χ2v) is 6.92. The smallest absolute Gasteiger partial charge is 0.322 e. The van der Waals surface area contributed by atoms with Crippen LogP contribution in [0.2, 0.25) is 0 Å². The molecule has 0 bridgehead atoms. The number of nitrogens with zero attached hydrogens (tertiary/aromatic N) is 1. The molecule has 1 aliphatic heterocycles. The Morgan fingerprint density at radius 2 is 1.76 bits per heavy atom. The molecule has 1 saturated heterocycles. The number of carboxylic acid groups (broad SMARTS) is 1. The van der Waals surface area contributed by atoms with Gasteiger partial charge in [0.25, 0.3) is 0 Å². The van der Waals surface area contributed by atoms with Crippen molar-refractivity contribution in [2.24, 2.45) is 5.92 Å². The van der Waals surface area contributed by atoms with E-state index in [2.05, 4.69) is 5.32 Å². The van der Waals surface area contributed by atoms with Gasteiger partial charge in [-0.05, 0) is 37.1 Å². The average molecular weight is 350 g/mol. The number of hydrogen-bond donors (Lipinski definition) is 3. The molecule has 0 spiro atoms. The molecule has 6 nitrogen and oxygen atoms in total. The second kappa shape index (κ2) is 7.82. The second-order valence-electron chi connectivity index (χ2n) is 6.92. The largest absolute Gasteiger partial charge is 0.481 e. The molecule has 0 radical (unpaired) electrons. The highest BCUT2D eigenvalue weighted by Crippen LogP contribution is 2.23. The normalized spacial score (nSPS) is 24.8. The van der Waals surface area contributed by atoms with Crippen LogP contribution in [0.3, 0.4) is 0 Å². The Morgan fingerprint density at radius 1 is 1.12 bits per heavy atom. The molecule has 1 saturated carbocycles. The number of benzene rings is 1. The third kappa shape index (κ3) is 4.28. The van der Waals surface area contributed by atoms with E-state index in [0.29, 0.717) is 18.8 Å². The first-order chi connectivity index (χ1) is 12.0. The molecular weight excluding hydrogens is 325 g/mol. The van der Waals surface area contributed by atoms with Gasteiger partial charge in [0, 0.05) is 12.1 Å². The fourth-order valence-electron chi connectivity index (χ4n) is 4.02. The van der Waals surface area contributed by atoms with E-state index in [1.165, 1.54) is 29.2 Å². The first-order valence-corrected chi connectivity index (χ1v) is 8.93. The minimum Gasteiger partial charge on any atom is -0.481 e. The number of nitrogens with one attached hydrogen (secondary N) is 2. The van der Waals surface area contributed by atoms with Gasteiger partial charge >= 0.3 is 12.0 Å². The van der Waals surface area contributed by atoms with Crippen LogP contribution in [0.25, 0.3) is 0 Å². The fraction of sp³-hybridized carbons (Fsp3) is 0.556. The predicted molar refractivity (Wildman–Crippen MR) is 91.1 cm³/mol. The van der Waals surface area contributed by atoms with Gasteiger partial charge in [-0.1, -0.05) is 6.42 Å². The first kappa shape index (κ1) is 17.7. The van der Waals surface area contributed by atoms with Gasteiger partial charge in [0.2, 0.25) is 0 Å². The summed E-state index contributed by atoms with van der Waals surface area (Å²) >= 11 is 0. The lowest BCUT2D eigenvalue weighted by molar-refractivity contribution is -0.933. The quantitative estimate of drug-likeness (QED) is 0.767. The zero-order chi connectivity index (χ0) is 17.8. The highest BCUT2D eigenvalue weighted by Gasteiger charge is 2.39. The number of halogens is 1. The number of rotatable bonds is 3. The molecule has 1 heterocycles. The summed E-state index contributed by atoms with van der Waals surface area (Å²) in [7, 11) is 0. The molecular formula is C18H25FN3O3+. The number of amides is 2. The summed E-state index contributed by atoms with van der Waals surface area (Å²) in [6.07, 6.45) is 3.80. The van der Waals surface area contributed by atoms with Crippen LogP contribution in [-0.2, 0) is 4.79 Å². The van der Waals surface area contributed by atoms with E-state index in [1.54, 1.807) is 4.90 Å². The third-order valence-electron chi connectivity index (χ3n) is 5.40. The van der Waals surface area contributed by atoms with Crippen LogP contribution in [0.5, 0.6) is 0 Å². The highest BCUT2D eigenvalue weighted by molar-refractivity contribution is 5.89. The first-order valence-electron chi connectivity index (χ1n) is 8.93. The van der Waals surface area contributed by atoms with Gasteiger partial charge in [-0.3, -0.25) is 4.79 Å². The average Bonchev–Trinajstić information content (AvgIpc) is 2.63. The van der Waals surface area contributed by atoms with Crippen LogP contribution in [0.4, 0.5) is 14.9 Å². The summed E-state index contributed by atoms with van der Waals surface area (Å²) in [5.74, 6) is -1.28. The van der Waals surface area contributed by atoms with E-state index in [0.717, 1.165) is 38.8 Å². The van der Waals surface area contributed by atoms with Crippen LogP contribution in [0.15, 0.2) is 24.3 Å². The summed E-state index contributed by atoms with van der Waals surface area (Å²) in [4.78, 5) is 26.9. The number of urea groups is 1. The van der Waals surface area contributed by atoms with Crippen molar-refractivity contribution < 1.29 is 24.0 Å². The van der Waals surface area contributed by atoms with Gasteiger partial charge in [-0.15, -0.1) is 0 Å². The Balaban J connectivity index is 1.53. The van der Waals surface area contributed by atoms with Crippen LogP contribution in [0.1, 0.15) is 25.7 Å². The fourth-order valence-corrected chi connectivity index (χ4v) is 4.02. The van der Waals surface area contributed by atoms with Crippen molar-refractivity contribution in [3.05, 3.63) is 30.1 Å². The van der Waals surface area contributed by atoms with Gasteiger partial charge in [0.15, 0.2) is 0 Å². The zero-order valence-corrected chi connectivity index (χ0v) is 14.2. The Bertz CT molecular complexity index is 614. The maximum atomic E-state index is 12.9. The van der Waals surface area contributed by atoms with E-state index in [-0.39, 0.29) is 23.8 Å². The van der Waals surface area contributed by atoms with Crippen LogP contribution in [-0.4, -0.2) is 54.2 Å². The van der Waals surface area contributed by atoms with E-state index < -0.39 is 5.97 Å². The Morgan fingerprint density at radius 3 is 2.40 bits per heavy atom. The molecule has 2 aliphatic rings. The maximum Gasteiger partial charge on any atom is 0.322 e. The molecule has 136 valence electrons. The van der Waals surface area contributed by atoms with Gasteiger partial charge in [0.05, 0.1) is 26.2 Å². The lowest BCUT2D eigenvalue weighted by atomic mass is 9.83. The van der Waals surface area contributed by atoms with Crippen molar-refractivity contribution in [2.45, 2.75) is 31.7 Å². The number of carbonyl (C=O) groups is 2. The molecule has 1 aromatic rings. The molecule has 3 N–H and O–H groups in total. The summed E-state index contributed by atoms with van der Waals surface area (Å²) in [6.45, 7) is 2.74. The van der Waals surface area contributed by atoms with Gasteiger partial charge < -0.3 is 20.2 Å². The number of aliphatic carboxylic acids is 1. The lowest BCUT2D eigenvalue weighted by Gasteiger charge is -2.40. The van der Waals surface area contributed by atoms with E-state index in [9.17, 15) is 19.1 Å². The van der Waals surface area contributed by atoms with Gasteiger partial charge in [-0.2, -0.15) is 0 Å². The molecule has 7 heteroatoms. The molecule has 2 fully saturated rings. The molecule has 1 aliphatic carbocycles. The monoisotopic (exact) mass is 350 g/mol. The maximum absolute atomic E-state index is 12.9. The van der Waals surface area contributed by atoms with Crippen molar-refractivity contribution in [1.82, 2.24) is 4.90 Å². The molecule has 2 amide bonds. The van der Waals surface area contributed by atoms with Gasteiger partial charge in [0.1, 0.15) is 17.8 Å². The Kier molecular flexibility index (Phi) is 5.53. The highest BCUT2D eigenvalue weighted by atomic mass is 19.1. The van der Waals surface area contributed by atoms with Crippen LogP contribution in [0, 0.1) is 11.7 Å². The molecule has 1 aromatic carbocycles. The predicted octanol–water partition coefficient (Wildman–Crippen LogP) is 1.20. The minimum atomic E-state index is -0.686. The third-order valence-corrected chi connectivity index (χ3v) is 5.40. The standard InChI is InChI=1S/C18H24FN3O3/c19-13-5-7-14(8-6-13)20-18(25)22-11-9-21(10-12-22)16-4-2-1-3-15(16)17(23)24/h5-8,15-16H,1-4,9-12H2,(H,20,25)(H,23,24)/p+1/t15-,16-/m0/s1. The van der Waals surface area contributed by atoms with Crippen molar-refractivity contribution in [3.63, 3.8) is 0 Å². The van der Waals surface area contributed by atoms with Gasteiger partial charge in [-0.25, -0.2) is 9.18 Å².